The number of aryl methyl sites for hydroxylation is 1. The van der Waals surface area contributed by atoms with Gasteiger partial charge in [0.25, 0.3) is 5.91 Å². The van der Waals surface area contributed by atoms with Crippen molar-refractivity contribution in [2.75, 3.05) is 30.4 Å². The maximum Gasteiger partial charge on any atom is 0.326 e. The monoisotopic (exact) mass is 495 g/mol. The molecule has 188 valence electrons. The summed E-state index contributed by atoms with van der Waals surface area (Å²) in [6.45, 7) is 2.51. The molecule has 4 aromatic rings. The molecular weight excluding hydrogens is 466 g/mol. The number of urea groups is 1. The third-order valence-electron chi connectivity index (χ3n) is 5.65. The molecule has 0 aliphatic rings. The predicted octanol–water partition coefficient (Wildman–Crippen LogP) is 6.26. The second kappa shape index (κ2) is 12.3. The van der Waals surface area contributed by atoms with Gasteiger partial charge in [0.1, 0.15) is 17.2 Å². The lowest BCUT2D eigenvalue weighted by Gasteiger charge is -2.24. The highest BCUT2D eigenvalue weighted by molar-refractivity contribution is 6.02. The van der Waals surface area contributed by atoms with Crippen LogP contribution in [0, 0.1) is 6.92 Å². The van der Waals surface area contributed by atoms with E-state index >= 15 is 0 Å². The molecule has 7 heteroatoms. The molecule has 0 heterocycles. The highest BCUT2D eigenvalue weighted by Gasteiger charge is 2.17. The van der Waals surface area contributed by atoms with E-state index in [1.807, 2.05) is 85.8 Å². The Morgan fingerprint density at radius 1 is 0.757 bits per heavy atom. The SMILES string of the molecule is COc1ccc(C(=O)NCCN(C(=O)Nc2ccc(C)cc2)c2ccc(Oc3ccccc3)cc2)cc1. The van der Waals surface area contributed by atoms with Gasteiger partial charge in [0.15, 0.2) is 0 Å². The zero-order valence-corrected chi connectivity index (χ0v) is 20.8. The summed E-state index contributed by atoms with van der Waals surface area (Å²) in [5.74, 6) is 1.83. The number of nitrogens with one attached hydrogen (secondary N) is 2. The smallest absolute Gasteiger partial charge is 0.326 e. The Morgan fingerprint density at radius 2 is 1.38 bits per heavy atom. The Hall–Kier alpha value is -4.78. The normalized spacial score (nSPS) is 10.3. The fourth-order valence-corrected chi connectivity index (χ4v) is 3.62. The summed E-state index contributed by atoms with van der Waals surface area (Å²) in [6.07, 6.45) is 0. The number of amides is 3. The molecule has 2 N–H and O–H groups in total. The number of hydrogen-bond acceptors (Lipinski definition) is 4. The van der Waals surface area contributed by atoms with Crippen molar-refractivity contribution in [1.82, 2.24) is 5.32 Å². The number of anilines is 2. The van der Waals surface area contributed by atoms with Gasteiger partial charge in [-0.2, -0.15) is 0 Å². The van der Waals surface area contributed by atoms with E-state index in [4.69, 9.17) is 9.47 Å². The van der Waals surface area contributed by atoms with Gasteiger partial charge >= 0.3 is 6.03 Å². The lowest BCUT2D eigenvalue weighted by atomic mass is 10.2. The minimum absolute atomic E-state index is 0.229. The average molecular weight is 496 g/mol. The van der Waals surface area contributed by atoms with Gasteiger partial charge in [-0.3, -0.25) is 9.69 Å². The van der Waals surface area contributed by atoms with Crippen molar-refractivity contribution in [2.45, 2.75) is 6.92 Å². The second-order valence-electron chi connectivity index (χ2n) is 8.34. The van der Waals surface area contributed by atoms with E-state index in [1.165, 1.54) is 0 Å². The van der Waals surface area contributed by atoms with Gasteiger partial charge in [0, 0.05) is 30.0 Å². The topological polar surface area (TPSA) is 79.9 Å². The van der Waals surface area contributed by atoms with Crippen molar-refractivity contribution in [3.05, 3.63) is 114 Å². The molecule has 0 saturated heterocycles. The number of methoxy groups -OCH3 is 1. The van der Waals surface area contributed by atoms with Gasteiger partial charge in [-0.05, 0) is 79.7 Å². The molecule has 0 fully saturated rings. The number of benzene rings is 4. The van der Waals surface area contributed by atoms with Crippen LogP contribution in [0.1, 0.15) is 15.9 Å². The molecular formula is C30H29N3O4. The van der Waals surface area contributed by atoms with Crippen LogP contribution in [-0.2, 0) is 0 Å². The van der Waals surface area contributed by atoms with Crippen molar-refractivity contribution >= 4 is 23.3 Å². The molecule has 0 aliphatic heterocycles. The van der Waals surface area contributed by atoms with Crippen LogP contribution in [0.15, 0.2) is 103 Å². The van der Waals surface area contributed by atoms with Crippen molar-refractivity contribution in [3.8, 4) is 17.2 Å². The molecule has 0 saturated carbocycles. The number of rotatable bonds is 9. The van der Waals surface area contributed by atoms with Crippen LogP contribution in [0.2, 0.25) is 0 Å². The number of carbonyl (C=O) groups excluding carboxylic acids is 2. The summed E-state index contributed by atoms with van der Waals surface area (Å²) >= 11 is 0. The highest BCUT2D eigenvalue weighted by atomic mass is 16.5. The standard InChI is InChI=1S/C30H29N3O4/c1-22-8-12-24(13-9-22)32-30(35)33(21-20-31-29(34)23-10-16-26(36-2)17-11-23)25-14-18-28(19-15-25)37-27-6-4-3-5-7-27/h3-19H,20-21H2,1-2H3,(H,31,34)(H,32,35). The Kier molecular flexibility index (Phi) is 8.39. The van der Waals surface area contributed by atoms with E-state index in [1.54, 1.807) is 36.3 Å². The second-order valence-corrected chi connectivity index (χ2v) is 8.34. The third kappa shape index (κ3) is 7.11. The molecule has 7 nitrogen and oxygen atoms in total. The van der Waals surface area contributed by atoms with E-state index in [0.29, 0.717) is 28.4 Å². The summed E-state index contributed by atoms with van der Waals surface area (Å²) < 4.78 is 11.0. The lowest BCUT2D eigenvalue weighted by molar-refractivity contribution is 0.0954. The molecule has 0 aliphatic carbocycles. The van der Waals surface area contributed by atoms with Crippen LogP contribution in [0.25, 0.3) is 0 Å². The number of nitrogens with zero attached hydrogens (tertiary/aromatic N) is 1. The van der Waals surface area contributed by atoms with Gasteiger partial charge in [-0.1, -0.05) is 35.9 Å². The van der Waals surface area contributed by atoms with Crippen LogP contribution in [0.5, 0.6) is 17.2 Å². The van der Waals surface area contributed by atoms with Crippen LogP contribution in [0.3, 0.4) is 0 Å². The van der Waals surface area contributed by atoms with Crippen molar-refractivity contribution in [1.29, 1.82) is 0 Å². The van der Waals surface area contributed by atoms with Crippen LogP contribution in [-0.4, -0.2) is 32.1 Å². The van der Waals surface area contributed by atoms with Gasteiger partial charge in [0.2, 0.25) is 0 Å². The molecule has 37 heavy (non-hydrogen) atoms. The van der Waals surface area contributed by atoms with Gasteiger partial charge in [-0.15, -0.1) is 0 Å². The Morgan fingerprint density at radius 3 is 2.03 bits per heavy atom. The van der Waals surface area contributed by atoms with Crippen molar-refractivity contribution in [3.63, 3.8) is 0 Å². The van der Waals surface area contributed by atoms with E-state index in [0.717, 1.165) is 11.3 Å². The van der Waals surface area contributed by atoms with Gasteiger partial charge in [0.05, 0.1) is 7.11 Å². The Labute approximate surface area is 216 Å². The van der Waals surface area contributed by atoms with Crippen molar-refractivity contribution in [2.24, 2.45) is 0 Å². The summed E-state index contributed by atoms with van der Waals surface area (Å²) in [7, 11) is 1.58. The van der Waals surface area contributed by atoms with Crippen LogP contribution >= 0.6 is 0 Å². The molecule has 0 bridgehead atoms. The number of hydrogen-bond donors (Lipinski definition) is 2. The zero-order chi connectivity index (χ0) is 26.0. The summed E-state index contributed by atoms with van der Waals surface area (Å²) in [5.41, 5.74) is 2.97. The highest BCUT2D eigenvalue weighted by Crippen LogP contribution is 2.25. The largest absolute Gasteiger partial charge is 0.497 e. The Balaban J connectivity index is 1.45. The first-order valence-electron chi connectivity index (χ1n) is 11.9. The first kappa shape index (κ1) is 25.3. The fourth-order valence-electron chi connectivity index (χ4n) is 3.62. The zero-order valence-electron chi connectivity index (χ0n) is 20.8. The van der Waals surface area contributed by atoms with Gasteiger partial charge in [-0.25, -0.2) is 4.79 Å². The quantitative estimate of drug-likeness (QED) is 0.287. The number of para-hydroxylation sites is 1. The fraction of sp³-hybridized carbons (Fsp3) is 0.133. The van der Waals surface area contributed by atoms with E-state index in [2.05, 4.69) is 10.6 Å². The molecule has 0 atom stereocenters. The first-order chi connectivity index (χ1) is 18.0. The minimum Gasteiger partial charge on any atom is -0.497 e. The minimum atomic E-state index is -0.306. The number of ether oxygens (including phenoxy) is 2. The summed E-state index contributed by atoms with van der Waals surface area (Å²) in [5, 5.41) is 5.81. The van der Waals surface area contributed by atoms with Gasteiger partial charge < -0.3 is 20.1 Å². The van der Waals surface area contributed by atoms with Crippen LogP contribution < -0.4 is 25.0 Å². The molecule has 3 amide bonds. The molecule has 4 aromatic carbocycles. The first-order valence-corrected chi connectivity index (χ1v) is 11.9. The average Bonchev–Trinajstić information content (AvgIpc) is 2.93. The summed E-state index contributed by atoms with van der Waals surface area (Å²) in [4.78, 5) is 27.4. The molecule has 0 unspecified atom stereocenters. The van der Waals surface area contributed by atoms with E-state index < -0.39 is 0 Å². The van der Waals surface area contributed by atoms with E-state index in [-0.39, 0.29) is 25.0 Å². The van der Waals surface area contributed by atoms with Crippen molar-refractivity contribution < 1.29 is 19.1 Å². The maximum absolute atomic E-state index is 13.2. The number of carbonyl (C=O) groups is 2. The van der Waals surface area contributed by atoms with E-state index in [9.17, 15) is 9.59 Å². The Bertz CT molecular complexity index is 1310. The summed E-state index contributed by atoms with van der Waals surface area (Å²) in [6, 6.07) is 30.9. The predicted molar refractivity (Wildman–Crippen MR) is 146 cm³/mol. The van der Waals surface area contributed by atoms with Crippen LogP contribution in [0.4, 0.5) is 16.2 Å². The molecule has 0 radical (unpaired) electrons. The molecule has 0 spiro atoms. The molecule has 4 rings (SSSR count). The maximum atomic E-state index is 13.2. The third-order valence-corrected chi connectivity index (χ3v) is 5.65. The molecule has 0 aromatic heterocycles. The lowest BCUT2D eigenvalue weighted by Crippen LogP contribution is -2.41.